The molecule has 1 aliphatic heterocycles. The second-order valence-electron chi connectivity index (χ2n) is 9.77. The van der Waals surface area contributed by atoms with Crippen LogP contribution in [0.3, 0.4) is 0 Å². The Labute approximate surface area is 195 Å². The molecule has 1 aliphatic carbocycles. The van der Waals surface area contributed by atoms with Crippen LogP contribution in [-0.2, 0) is 18.4 Å². The smallest absolute Gasteiger partial charge is 0.225 e. The summed E-state index contributed by atoms with van der Waals surface area (Å²) in [5, 5.41) is 5.23. The van der Waals surface area contributed by atoms with E-state index in [0.717, 1.165) is 13.0 Å². The van der Waals surface area contributed by atoms with Gasteiger partial charge in [-0.25, -0.2) is 4.58 Å². The van der Waals surface area contributed by atoms with E-state index in [1.807, 2.05) is 6.21 Å². The average Bonchev–Trinajstić information content (AvgIpc) is 3.05. The molecule has 6 rings (SSSR count). The summed E-state index contributed by atoms with van der Waals surface area (Å²) in [6, 6.07) is 28.6. The highest BCUT2D eigenvalue weighted by Crippen LogP contribution is 2.47. The van der Waals surface area contributed by atoms with Gasteiger partial charge in [-0.3, -0.25) is 0 Å². The van der Waals surface area contributed by atoms with Crippen LogP contribution in [0, 0.1) is 0 Å². The summed E-state index contributed by atoms with van der Waals surface area (Å²) in [4.78, 5) is 0. The highest BCUT2D eigenvalue weighted by Gasteiger charge is 2.59. The van der Waals surface area contributed by atoms with Crippen molar-refractivity contribution in [3.63, 3.8) is 0 Å². The van der Waals surface area contributed by atoms with E-state index in [1.54, 1.807) is 0 Å². The van der Waals surface area contributed by atoms with Crippen LogP contribution in [0.2, 0.25) is 0 Å². The van der Waals surface area contributed by atoms with Gasteiger partial charge in [-0.05, 0) is 45.2 Å². The topological polar surface area (TPSA) is 17.1 Å². The molecule has 0 bridgehead atoms. The fraction of sp³-hybridized carbons (Fsp3) is 0.194. The van der Waals surface area contributed by atoms with Crippen LogP contribution in [0.25, 0.3) is 21.5 Å². The van der Waals surface area contributed by atoms with Crippen LogP contribution < -0.4 is 4.67 Å². The SMILES string of the molecule is C=[N+]=C[C@@]12C=[N+](Cc3c4ccccc4cc4ccccc34)C(C)(C)C1=CCc1ccccc12. The molecule has 2 nitrogen and oxygen atoms in total. The summed E-state index contributed by atoms with van der Waals surface area (Å²) in [5.41, 5.74) is 4.97. The van der Waals surface area contributed by atoms with Gasteiger partial charge in [0.25, 0.3) is 12.9 Å². The lowest BCUT2D eigenvalue weighted by Crippen LogP contribution is -2.40. The Morgan fingerprint density at radius 1 is 0.909 bits per heavy atom. The second-order valence-corrected chi connectivity index (χ2v) is 9.77. The highest BCUT2D eigenvalue weighted by molar-refractivity contribution is 6.03. The van der Waals surface area contributed by atoms with Crippen molar-refractivity contribution in [1.29, 1.82) is 0 Å². The first-order valence-corrected chi connectivity index (χ1v) is 11.7. The van der Waals surface area contributed by atoms with Crippen LogP contribution >= 0.6 is 0 Å². The second kappa shape index (κ2) is 7.13. The van der Waals surface area contributed by atoms with Gasteiger partial charge < -0.3 is 0 Å². The number of hydrogen-bond acceptors (Lipinski definition) is 0. The summed E-state index contributed by atoms with van der Waals surface area (Å²) in [6.07, 6.45) is 7.82. The van der Waals surface area contributed by atoms with Gasteiger partial charge in [-0.2, -0.15) is 0 Å². The Kier molecular flexibility index (Phi) is 4.30. The maximum Gasteiger partial charge on any atom is 0.293 e. The van der Waals surface area contributed by atoms with E-state index in [1.165, 1.54) is 43.8 Å². The summed E-state index contributed by atoms with van der Waals surface area (Å²) in [5.74, 6) is 0. The average molecular weight is 429 g/mol. The van der Waals surface area contributed by atoms with Gasteiger partial charge in [0, 0.05) is 25.0 Å². The minimum atomic E-state index is -0.347. The van der Waals surface area contributed by atoms with Gasteiger partial charge in [0.2, 0.25) is 0 Å². The minimum absolute atomic E-state index is 0.146. The van der Waals surface area contributed by atoms with E-state index < -0.39 is 0 Å². The van der Waals surface area contributed by atoms with Gasteiger partial charge >= 0.3 is 0 Å². The zero-order valence-corrected chi connectivity index (χ0v) is 19.3. The molecule has 0 unspecified atom stereocenters. The van der Waals surface area contributed by atoms with Gasteiger partial charge in [0.1, 0.15) is 0 Å². The first-order valence-electron chi connectivity index (χ1n) is 11.7. The van der Waals surface area contributed by atoms with Crippen molar-refractivity contribution in [2.45, 2.75) is 37.8 Å². The molecule has 1 atom stereocenters. The third-order valence-electron chi connectivity index (χ3n) is 7.68. The van der Waals surface area contributed by atoms with Crippen molar-refractivity contribution in [3.8, 4) is 0 Å². The van der Waals surface area contributed by atoms with Crippen LogP contribution in [-0.4, -0.2) is 29.3 Å². The molecule has 2 heteroatoms. The zero-order valence-electron chi connectivity index (χ0n) is 19.3. The van der Waals surface area contributed by atoms with E-state index in [9.17, 15) is 0 Å². The largest absolute Gasteiger partial charge is 0.293 e. The van der Waals surface area contributed by atoms with Crippen LogP contribution in [0.1, 0.15) is 30.5 Å². The fourth-order valence-corrected chi connectivity index (χ4v) is 6.09. The molecule has 0 radical (unpaired) electrons. The minimum Gasteiger partial charge on any atom is -0.225 e. The number of nitrogens with zero attached hydrogens (tertiary/aromatic N) is 2. The lowest BCUT2D eigenvalue weighted by Gasteiger charge is -2.29. The lowest BCUT2D eigenvalue weighted by atomic mass is 9.67. The molecule has 0 aromatic heterocycles. The van der Waals surface area contributed by atoms with Gasteiger partial charge in [0.15, 0.2) is 23.7 Å². The van der Waals surface area contributed by atoms with Gasteiger partial charge in [-0.1, -0.05) is 78.9 Å². The van der Waals surface area contributed by atoms with E-state index >= 15 is 0 Å². The third kappa shape index (κ3) is 2.81. The van der Waals surface area contributed by atoms with Crippen molar-refractivity contribution >= 4 is 40.7 Å². The van der Waals surface area contributed by atoms with Gasteiger partial charge in [0.05, 0.1) is 0 Å². The summed E-state index contributed by atoms with van der Waals surface area (Å²) < 4.78 is 6.85. The van der Waals surface area contributed by atoms with Gasteiger partial charge in [-0.15, -0.1) is 4.67 Å². The first-order chi connectivity index (χ1) is 16.0. The maximum atomic E-state index is 4.32. The van der Waals surface area contributed by atoms with Crippen molar-refractivity contribution in [1.82, 2.24) is 4.67 Å². The first kappa shape index (κ1) is 19.9. The van der Waals surface area contributed by atoms with E-state index in [2.05, 4.69) is 121 Å². The molecule has 0 amide bonds. The van der Waals surface area contributed by atoms with Crippen LogP contribution in [0.5, 0.6) is 0 Å². The van der Waals surface area contributed by atoms with Crippen molar-refractivity contribution in [3.05, 3.63) is 107 Å². The molecule has 0 N–H and O–H groups in total. The highest BCUT2D eigenvalue weighted by atomic mass is 15.1. The number of benzene rings is 4. The molecular formula is C31H28N2+2. The molecule has 0 saturated carbocycles. The Morgan fingerprint density at radius 3 is 2.24 bits per heavy atom. The lowest BCUT2D eigenvalue weighted by molar-refractivity contribution is -0.594. The zero-order chi connectivity index (χ0) is 22.6. The third-order valence-corrected chi connectivity index (χ3v) is 7.68. The molecule has 33 heavy (non-hydrogen) atoms. The van der Waals surface area contributed by atoms with Crippen LogP contribution in [0.4, 0.5) is 0 Å². The number of hydrogen-bond donors (Lipinski definition) is 0. The molecule has 0 fully saturated rings. The summed E-state index contributed by atoms with van der Waals surface area (Å²) in [6.45, 7) is 9.37. The Morgan fingerprint density at radius 2 is 1.55 bits per heavy atom. The quantitative estimate of drug-likeness (QED) is 0.132. The molecule has 0 saturated heterocycles. The Hall–Kier alpha value is -3.74. The Balaban J connectivity index is 1.61. The van der Waals surface area contributed by atoms with Crippen molar-refractivity contribution in [2.24, 2.45) is 0 Å². The maximum absolute atomic E-state index is 4.32. The fourth-order valence-electron chi connectivity index (χ4n) is 6.09. The number of rotatable bonds is 3. The Bertz CT molecular complexity index is 1490. The van der Waals surface area contributed by atoms with E-state index in [0.29, 0.717) is 0 Å². The number of fused-ring (bicyclic) bond motifs is 5. The molecule has 1 heterocycles. The van der Waals surface area contributed by atoms with Crippen molar-refractivity contribution in [2.75, 3.05) is 0 Å². The monoisotopic (exact) mass is 428 g/mol. The van der Waals surface area contributed by atoms with Crippen molar-refractivity contribution < 1.29 is 4.58 Å². The van der Waals surface area contributed by atoms with E-state index in [4.69, 9.17) is 0 Å². The summed E-state index contributed by atoms with van der Waals surface area (Å²) in [7, 11) is 0. The number of allylic oxidation sites excluding steroid dienone is 1. The molecule has 0 spiro atoms. The predicted molar refractivity (Wildman–Crippen MR) is 141 cm³/mol. The molecule has 2 aliphatic rings. The molecular weight excluding hydrogens is 400 g/mol. The normalized spacial score (nSPS) is 20.5. The molecule has 4 aromatic carbocycles. The van der Waals surface area contributed by atoms with E-state index in [-0.39, 0.29) is 11.0 Å². The summed E-state index contributed by atoms with van der Waals surface area (Å²) >= 11 is 0. The molecule has 4 aromatic rings. The predicted octanol–water partition coefficient (Wildman–Crippen LogP) is 5.63. The standard InChI is InChI=1S/C31H28N2/c1-30(2)29-17-16-22-10-6-9-15-28(22)31(29,20-32-3)21-33(30)19-27-25-13-7-4-11-23(25)18-24-12-5-8-14-26(24)27/h4-15,17-18,20-21H,3,16,19H2,1-2H3/q+2/t31-/m0/s1. The van der Waals surface area contributed by atoms with Crippen LogP contribution in [0.15, 0.2) is 90.5 Å². The molecule has 160 valence electrons.